The van der Waals surface area contributed by atoms with Crippen LogP contribution in [0.3, 0.4) is 0 Å². The maximum absolute atomic E-state index is 12.0. The Labute approximate surface area is 128 Å². The molecular weight excluding hydrogens is 282 g/mol. The summed E-state index contributed by atoms with van der Waals surface area (Å²) in [5.74, 6) is 0.743. The van der Waals surface area contributed by atoms with Crippen molar-refractivity contribution >= 4 is 11.7 Å². The Kier molecular flexibility index (Phi) is 4.60. The van der Waals surface area contributed by atoms with Gasteiger partial charge in [0.25, 0.3) is 5.91 Å². The summed E-state index contributed by atoms with van der Waals surface area (Å²) >= 11 is 0. The van der Waals surface area contributed by atoms with E-state index in [9.17, 15) is 4.79 Å². The van der Waals surface area contributed by atoms with E-state index in [0.29, 0.717) is 23.9 Å². The van der Waals surface area contributed by atoms with Crippen molar-refractivity contribution in [2.45, 2.75) is 18.9 Å². The van der Waals surface area contributed by atoms with Gasteiger partial charge in [0.1, 0.15) is 12.4 Å². The molecule has 1 aliphatic heterocycles. The quantitative estimate of drug-likeness (QED) is 0.917. The molecule has 0 bridgehead atoms. The molecule has 0 spiro atoms. The highest BCUT2D eigenvalue weighted by atomic mass is 16.5. The van der Waals surface area contributed by atoms with Gasteiger partial charge in [-0.15, -0.1) is 0 Å². The van der Waals surface area contributed by atoms with Gasteiger partial charge in [0, 0.05) is 25.1 Å². The summed E-state index contributed by atoms with van der Waals surface area (Å²) < 4.78 is 11.0. The van der Waals surface area contributed by atoms with Gasteiger partial charge in [-0.1, -0.05) is 6.07 Å². The molecule has 0 aliphatic carbocycles. The Balaban J connectivity index is 1.55. The van der Waals surface area contributed by atoms with Gasteiger partial charge in [-0.25, -0.2) is 9.97 Å². The maximum Gasteiger partial charge on any atom is 0.258 e. The molecule has 1 fully saturated rings. The SMILES string of the molecule is O=C(Nc1ccccn1)c1ccc(OC[C@H]2CCCO2)nc1. The lowest BCUT2D eigenvalue weighted by molar-refractivity contribution is 0.0663. The molecule has 3 heterocycles. The number of rotatable bonds is 5. The molecule has 1 amide bonds. The third kappa shape index (κ3) is 3.79. The van der Waals surface area contributed by atoms with Gasteiger partial charge in [0.05, 0.1) is 11.7 Å². The van der Waals surface area contributed by atoms with Gasteiger partial charge >= 0.3 is 0 Å². The predicted octanol–water partition coefficient (Wildman–Crippen LogP) is 2.29. The largest absolute Gasteiger partial charge is 0.475 e. The smallest absolute Gasteiger partial charge is 0.258 e. The van der Waals surface area contributed by atoms with Crippen molar-refractivity contribution in [2.24, 2.45) is 0 Å². The molecule has 0 radical (unpaired) electrons. The minimum absolute atomic E-state index is 0.147. The summed E-state index contributed by atoms with van der Waals surface area (Å²) in [4.78, 5) is 20.2. The standard InChI is InChI=1S/C16H17N3O3/c20-16(19-14-5-1-2-8-17-14)12-6-7-15(18-10-12)22-11-13-4-3-9-21-13/h1-2,5-8,10,13H,3-4,9,11H2,(H,17,19,20)/t13-/m1/s1. The summed E-state index contributed by atoms with van der Waals surface area (Å²) in [6.07, 6.45) is 5.35. The van der Waals surface area contributed by atoms with Crippen LogP contribution in [0.5, 0.6) is 5.88 Å². The van der Waals surface area contributed by atoms with Crippen LogP contribution in [0.2, 0.25) is 0 Å². The number of hydrogen-bond donors (Lipinski definition) is 1. The van der Waals surface area contributed by atoms with Gasteiger partial charge < -0.3 is 14.8 Å². The van der Waals surface area contributed by atoms with Crippen molar-refractivity contribution in [2.75, 3.05) is 18.5 Å². The lowest BCUT2D eigenvalue weighted by atomic mass is 10.2. The second-order valence-electron chi connectivity index (χ2n) is 5.00. The Morgan fingerprint density at radius 1 is 1.32 bits per heavy atom. The normalized spacial score (nSPS) is 17.2. The first-order valence-corrected chi connectivity index (χ1v) is 7.24. The van der Waals surface area contributed by atoms with E-state index in [4.69, 9.17) is 9.47 Å². The third-order valence-electron chi connectivity index (χ3n) is 3.35. The van der Waals surface area contributed by atoms with E-state index in [2.05, 4.69) is 15.3 Å². The lowest BCUT2D eigenvalue weighted by Crippen LogP contribution is -2.17. The number of carbonyl (C=O) groups excluding carboxylic acids is 1. The second kappa shape index (κ2) is 7.00. The van der Waals surface area contributed by atoms with E-state index < -0.39 is 0 Å². The van der Waals surface area contributed by atoms with E-state index in [-0.39, 0.29) is 12.0 Å². The summed E-state index contributed by atoms with van der Waals surface area (Å²) in [6, 6.07) is 8.68. The fraction of sp³-hybridized carbons (Fsp3) is 0.312. The molecule has 1 atom stereocenters. The van der Waals surface area contributed by atoms with Crippen LogP contribution in [0.1, 0.15) is 23.2 Å². The van der Waals surface area contributed by atoms with Crippen molar-refractivity contribution in [3.8, 4) is 5.88 Å². The minimum Gasteiger partial charge on any atom is -0.475 e. The van der Waals surface area contributed by atoms with Crippen LogP contribution in [0.25, 0.3) is 0 Å². The molecule has 0 aromatic carbocycles. The van der Waals surface area contributed by atoms with Crippen molar-refractivity contribution in [1.29, 1.82) is 0 Å². The van der Waals surface area contributed by atoms with E-state index in [1.165, 1.54) is 6.20 Å². The van der Waals surface area contributed by atoms with E-state index in [0.717, 1.165) is 19.4 Å². The number of pyridine rings is 2. The average Bonchev–Trinajstić information content (AvgIpc) is 3.08. The Morgan fingerprint density at radius 2 is 2.27 bits per heavy atom. The van der Waals surface area contributed by atoms with E-state index >= 15 is 0 Å². The molecule has 2 aromatic heterocycles. The van der Waals surface area contributed by atoms with Crippen LogP contribution >= 0.6 is 0 Å². The molecule has 114 valence electrons. The van der Waals surface area contributed by atoms with Crippen LogP contribution in [-0.2, 0) is 4.74 Å². The van der Waals surface area contributed by atoms with E-state index in [1.807, 2.05) is 6.07 Å². The molecule has 0 saturated carbocycles. The monoisotopic (exact) mass is 299 g/mol. The van der Waals surface area contributed by atoms with Crippen LogP contribution < -0.4 is 10.1 Å². The minimum atomic E-state index is -0.253. The highest BCUT2D eigenvalue weighted by molar-refractivity contribution is 6.03. The number of anilines is 1. The van der Waals surface area contributed by atoms with Crippen LogP contribution in [0.4, 0.5) is 5.82 Å². The summed E-state index contributed by atoms with van der Waals surface area (Å²) in [5.41, 5.74) is 0.454. The zero-order chi connectivity index (χ0) is 15.2. The summed E-state index contributed by atoms with van der Waals surface area (Å²) in [7, 11) is 0. The molecule has 1 saturated heterocycles. The Hall–Kier alpha value is -2.47. The Morgan fingerprint density at radius 3 is 2.95 bits per heavy atom. The van der Waals surface area contributed by atoms with Crippen molar-refractivity contribution < 1.29 is 14.3 Å². The third-order valence-corrected chi connectivity index (χ3v) is 3.35. The second-order valence-corrected chi connectivity index (χ2v) is 5.00. The number of nitrogens with one attached hydrogen (secondary N) is 1. The zero-order valence-corrected chi connectivity index (χ0v) is 12.1. The highest BCUT2D eigenvalue weighted by Gasteiger charge is 2.16. The maximum atomic E-state index is 12.0. The number of aromatic nitrogens is 2. The molecule has 3 rings (SSSR count). The first-order chi connectivity index (χ1) is 10.8. The molecule has 6 heteroatoms. The van der Waals surface area contributed by atoms with Crippen LogP contribution in [-0.4, -0.2) is 35.2 Å². The number of ether oxygens (including phenoxy) is 2. The fourth-order valence-corrected chi connectivity index (χ4v) is 2.18. The number of carbonyl (C=O) groups is 1. The van der Waals surface area contributed by atoms with Gasteiger partial charge in [0.15, 0.2) is 0 Å². The Bertz CT molecular complexity index is 610. The molecule has 2 aromatic rings. The van der Waals surface area contributed by atoms with E-state index in [1.54, 1.807) is 30.5 Å². The molecule has 1 aliphatic rings. The molecular formula is C16H17N3O3. The zero-order valence-electron chi connectivity index (χ0n) is 12.1. The van der Waals surface area contributed by atoms with Gasteiger partial charge in [0.2, 0.25) is 5.88 Å². The van der Waals surface area contributed by atoms with Gasteiger partial charge in [-0.3, -0.25) is 4.79 Å². The van der Waals surface area contributed by atoms with Crippen molar-refractivity contribution in [1.82, 2.24) is 9.97 Å². The summed E-state index contributed by atoms with van der Waals surface area (Å²) in [5, 5.41) is 2.70. The average molecular weight is 299 g/mol. The van der Waals surface area contributed by atoms with Crippen molar-refractivity contribution in [3.05, 3.63) is 48.3 Å². The van der Waals surface area contributed by atoms with Crippen molar-refractivity contribution in [3.63, 3.8) is 0 Å². The lowest BCUT2D eigenvalue weighted by Gasteiger charge is -2.10. The summed E-state index contributed by atoms with van der Waals surface area (Å²) in [6.45, 7) is 1.29. The molecule has 22 heavy (non-hydrogen) atoms. The fourth-order valence-electron chi connectivity index (χ4n) is 2.18. The van der Waals surface area contributed by atoms with Gasteiger partial charge in [-0.05, 0) is 31.0 Å². The first-order valence-electron chi connectivity index (χ1n) is 7.24. The molecule has 1 N–H and O–H groups in total. The number of nitrogens with zero attached hydrogens (tertiary/aromatic N) is 2. The van der Waals surface area contributed by atoms with Crippen LogP contribution in [0, 0.1) is 0 Å². The molecule has 0 unspecified atom stereocenters. The van der Waals surface area contributed by atoms with Gasteiger partial charge in [-0.2, -0.15) is 0 Å². The highest BCUT2D eigenvalue weighted by Crippen LogP contribution is 2.15. The number of hydrogen-bond acceptors (Lipinski definition) is 5. The topological polar surface area (TPSA) is 73.3 Å². The molecule has 6 nitrogen and oxygen atoms in total. The van der Waals surface area contributed by atoms with Crippen LogP contribution in [0.15, 0.2) is 42.7 Å². The predicted molar refractivity (Wildman–Crippen MR) is 80.9 cm³/mol. The number of amides is 1. The first kappa shape index (κ1) is 14.5.